The molecule has 11 rings (SSSR count). The van der Waals surface area contributed by atoms with E-state index in [1.54, 1.807) is 0 Å². The summed E-state index contributed by atoms with van der Waals surface area (Å²) in [6.07, 6.45) is 4.96. The first-order valence-corrected chi connectivity index (χ1v) is 22.5. The van der Waals surface area contributed by atoms with Crippen molar-refractivity contribution in [2.45, 2.75) is 95.0 Å². The number of nitrogens with zero attached hydrogens (tertiary/aromatic N) is 2. The Morgan fingerprint density at radius 2 is 0.887 bits per heavy atom. The van der Waals surface area contributed by atoms with Crippen LogP contribution < -0.4 is 4.90 Å². The first kappa shape index (κ1) is 38.5. The van der Waals surface area contributed by atoms with Crippen molar-refractivity contribution in [2.75, 3.05) is 4.90 Å². The molecule has 0 fully saturated rings. The molecule has 0 saturated heterocycles. The van der Waals surface area contributed by atoms with E-state index >= 15 is 0 Å². The van der Waals surface area contributed by atoms with E-state index in [4.69, 9.17) is 0 Å². The summed E-state index contributed by atoms with van der Waals surface area (Å²) in [7, 11) is 0. The Bertz CT molecular complexity index is 3280. The number of aromatic nitrogens is 1. The topological polar surface area (TPSA) is 8.17 Å². The smallest absolute Gasteiger partial charge is 0.0857 e. The van der Waals surface area contributed by atoms with Crippen LogP contribution in [0.25, 0.3) is 66.5 Å². The molecule has 2 nitrogen and oxygen atoms in total. The molecule has 1 aliphatic carbocycles. The van der Waals surface area contributed by atoms with Crippen molar-refractivity contribution in [2.24, 2.45) is 0 Å². The summed E-state index contributed by atoms with van der Waals surface area (Å²) in [5.74, 6) is 0.134. The second-order valence-corrected chi connectivity index (χ2v) is 19.3. The minimum atomic E-state index is 0.0850. The molecule has 2 unspecified atom stereocenters. The highest BCUT2D eigenvalue weighted by molar-refractivity contribution is 6.23. The van der Waals surface area contributed by atoms with Gasteiger partial charge in [-0.1, -0.05) is 95.1 Å². The molecule has 2 heteroatoms. The van der Waals surface area contributed by atoms with Crippen LogP contribution in [0, 0.1) is 83.1 Å². The zero-order chi connectivity index (χ0) is 43.2. The predicted octanol–water partition coefficient (Wildman–Crippen LogP) is 16.1. The Balaban J connectivity index is 1.26. The van der Waals surface area contributed by atoms with Gasteiger partial charge >= 0.3 is 0 Å². The standard InChI is InChI=1S/C60H56N2/c1-31-21-35(5)53(36(6)22-31)43-13-17-49-47(29-43)57-45(55-39(9)25-33(3)26-40(55)10)15-19-51-59(57)61(49)52-20-16-46(56-41(11)27-34(4)28-42(56)12)58-48-30-44(14-18-50(48)62(51)60(52)58)54-37(7)23-32(2)24-38(54)8/h13-30,57,59H,1-12H3. The molecule has 306 valence electrons. The highest BCUT2D eigenvalue weighted by Gasteiger charge is 2.49. The molecule has 0 radical (unpaired) electrons. The number of hydrogen-bond donors (Lipinski definition) is 0. The molecule has 3 heterocycles. The monoisotopic (exact) mass is 804 g/mol. The third-order valence-corrected chi connectivity index (χ3v) is 14.5. The van der Waals surface area contributed by atoms with Crippen molar-refractivity contribution >= 4 is 44.5 Å². The van der Waals surface area contributed by atoms with Gasteiger partial charge in [0.05, 0.1) is 22.8 Å². The molecule has 7 aromatic carbocycles. The van der Waals surface area contributed by atoms with Crippen molar-refractivity contribution in [3.63, 3.8) is 0 Å². The average Bonchev–Trinajstić information content (AvgIpc) is 3.71. The molecule has 2 aliphatic heterocycles. The Kier molecular flexibility index (Phi) is 8.43. The lowest BCUT2D eigenvalue weighted by molar-refractivity contribution is 0.736. The number of benzene rings is 7. The van der Waals surface area contributed by atoms with Crippen molar-refractivity contribution < 1.29 is 0 Å². The molecule has 0 N–H and O–H groups in total. The van der Waals surface area contributed by atoms with Crippen molar-refractivity contribution in [3.05, 3.63) is 187 Å². The van der Waals surface area contributed by atoms with Crippen LogP contribution in [0.5, 0.6) is 0 Å². The summed E-state index contributed by atoms with van der Waals surface area (Å²) in [5.41, 5.74) is 34.6. The molecule has 8 aromatic rings. The number of hydrogen-bond acceptors (Lipinski definition) is 1. The van der Waals surface area contributed by atoms with Gasteiger partial charge in [-0.15, -0.1) is 0 Å². The van der Waals surface area contributed by atoms with Crippen LogP contribution in [0.1, 0.15) is 83.8 Å². The van der Waals surface area contributed by atoms with E-state index in [1.165, 1.54) is 156 Å². The van der Waals surface area contributed by atoms with Gasteiger partial charge < -0.3 is 9.47 Å². The largest absolute Gasteiger partial charge is 0.329 e. The van der Waals surface area contributed by atoms with Crippen molar-refractivity contribution in [1.82, 2.24) is 4.57 Å². The molecule has 2 atom stereocenters. The van der Waals surface area contributed by atoms with Gasteiger partial charge in [-0.25, -0.2) is 0 Å². The van der Waals surface area contributed by atoms with E-state index in [1.807, 2.05) is 0 Å². The lowest BCUT2D eigenvalue weighted by atomic mass is 9.76. The molecule has 0 bridgehead atoms. The third kappa shape index (κ3) is 5.41. The first-order valence-electron chi connectivity index (χ1n) is 22.5. The molecule has 0 spiro atoms. The SMILES string of the molecule is Cc1cc(C)c(C2=CC=C3C4C2c2cc(-c5c(C)cc(C)cc5C)ccc2N4c2ccc(-c4c(C)cc(C)cc4C)c4c5cc(-c6c(C)cc(C)cc6C)ccc5n3c24)c(C)c1. The Morgan fingerprint density at radius 1 is 0.419 bits per heavy atom. The van der Waals surface area contributed by atoms with Crippen LogP contribution in [-0.2, 0) is 0 Å². The minimum Gasteiger partial charge on any atom is -0.329 e. The number of allylic oxidation sites excluding steroid dienone is 2. The summed E-state index contributed by atoms with van der Waals surface area (Å²) in [6, 6.07) is 38.5. The summed E-state index contributed by atoms with van der Waals surface area (Å²) < 4.78 is 2.67. The van der Waals surface area contributed by atoms with E-state index in [-0.39, 0.29) is 12.0 Å². The fourth-order valence-corrected chi connectivity index (χ4v) is 12.9. The van der Waals surface area contributed by atoms with E-state index in [2.05, 4.69) is 202 Å². The number of aryl methyl sites for hydroxylation is 12. The first-order chi connectivity index (χ1) is 29.7. The van der Waals surface area contributed by atoms with Gasteiger partial charge in [0.2, 0.25) is 0 Å². The van der Waals surface area contributed by atoms with Crippen molar-refractivity contribution in [1.29, 1.82) is 0 Å². The summed E-state index contributed by atoms with van der Waals surface area (Å²) >= 11 is 0. The fourth-order valence-electron chi connectivity index (χ4n) is 12.9. The number of rotatable bonds is 4. The van der Waals surface area contributed by atoms with Gasteiger partial charge in [0.1, 0.15) is 0 Å². The zero-order valence-corrected chi connectivity index (χ0v) is 38.4. The van der Waals surface area contributed by atoms with E-state index in [9.17, 15) is 0 Å². The Hall–Kier alpha value is -6.38. The van der Waals surface area contributed by atoms with Crippen molar-refractivity contribution in [3.8, 4) is 33.4 Å². The van der Waals surface area contributed by atoms with Gasteiger partial charge in [-0.05, 0) is 214 Å². The predicted molar refractivity (Wildman–Crippen MR) is 266 cm³/mol. The van der Waals surface area contributed by atoms with Gasteiger partial charge in [-0.2, -0.15) is 0 Å². The maximum atomic E-state index is 2.73. The summed E-state index contributed by atoms with van der Waals surface area (Å²) in [5, 5.41) is 2.65. The highest BCUT2D eigenvalue weighted by Crippen LogP contribution is 2.61. The van der Waals surface area contributed by atoms with Crippen LogP contribution in [-0.4, -0.2) is 10.6 Å². The van der Waals surface area contributed by atoms with Crippen LogP contribution in [0.15, 0.2) is 109 Å². The second-order valence-electron chi connectivity index (χ2n) is 19.3. The van der Waals surface area contributed by atoms with Gasteiger partial charge in [0.15, 0.2) is 0 Å². The van der Waals surface area contributed by atoms with E-state index in [0.717, 1.165) is 0 Å². The van der Waals surface area contributed by atoms with E-state index < -0.39 is 0 Å². The lowest BCUT2D eigenvalue weighted by Crippen LogP contribution is -2.38. The molecule has 0 saturated carbocycles. The zero-order valence-electron chi connectivity index (χ0n) is 38.4. The molecular weight excluding hydrogens is 749 g/mol. The molecule has 0 amide bonds. The van der Waals surface area contributed by atoms with Crippen LogP contribution in [0.4, 0.5) is 11.4 Å². The summed E-state index contributed by atoms with van der Waals surface area (Å²) in [6.45, 7) is 27.2. The number of fused-ring (bicyclic) bond motifs is 8. The van der Waals surface area contributed by atoms with Gasteiger partial charge in [0, 0.05) is 28.1 Å². The summed E-state index contributed by atoms with van der Waals surface area (Å²) in [4.78, 5) is 2.73. The second kappa shape index (κ2) is 13.6. The maximum absolute atomic E-state index is 2.73. The fraction of sp³-hybridized carbons (Fsp3) is 0.233. The quantitative estimate of drug-likeness (QED) is 0.172. The number of anilines is 2. The lowest BCUT2D eigenvalue weighted by Gasteiger charge is -2.41. The Morgan fingerprint density at radius 3 is 1.44 bits per heavy atom. The highest BCUT2D eigenvalue weighted by atomic mass is 15.3. The van der Waals surface area contributed by atoms with Gasteiger partial charge in [-0.3, -0.25) is 0 Å². The molecular formula is C60H56N2. The third-order valence-electron chi connectivity index (χ3n) is 14.5. The normalized spacial score (nSPS) is 16.2. The molecule has 1 aromatic heterocycles. The molecule has 62 heavy (non-hydrogen) atoms. The minimum absolute atomic E-state index is 0.0850. The Labute approximate surface area is 367 Å². The van der Waals surface area contributed by atoms with Gasteiger partial charge in [0.25, 0.3) is 0 Å². The van der Waals surface area contributed by atoms with Crippen LogP contribution >= 0.6 is 0 Å². The molecule has 3 aliphatic rings. The van der Waals surface area contributed by atoms with Crippen LogP contribution in [0.3, 0.4) is 0 Å². The maximum Gasteiger partial charge on any atom is 0.0857 e. The van der Waals surface area contributed by atoms with E-state index in [0.29, 0.717) is 0 Å². The average molecular weight is 805 g/mol. The van der Waals surface area contributed by atoms with Crippen LogP contribution in [0.2, 0.25) is 0 Å².